The number of nitrogens with one attached hydrogen (secondary N) is 2. The van der Waals surface area contributed by atoms with Gasteiger partial charge >= 0.3 is 0 Å². The number of anilines is 1. The summed E-state index contributed by atoms with van der Waals surface area (Å²) in [5, 5.41) is 7.41. The number of carbonyl (C=O) groups is 2. The number of thiophene rings is 1. The number of hydrogen-bond acceptors (Lipinski definition) is 4. The summed E-state index contributed by atoms with van der Waals surface area (Å²) in [6.45, 7) is 3.44. The van der Waals surface area contributed by atoms with Gasteiger partial charge in [0.05, 0.1) is 24.2 Å². The normalized spacial score (nSPS) is 38.2. The van der Waals surface area contributed by atoms with Crippen LogP contribution in [0.3, 0.4) is 0 Å². The van der Waals surface area contributed by atoms with E-state index in [1.54, 1.807) is 11.3 Å². The third-order valence-electron chi connectivity index (χ3n) is 9.14. The van der Waals surface area contributed by atoms with Gasteiger partial charge in [-0.1, -0.05) is 19.8 Å². The summed E-state index contributed by atoms with van der Waals surface area (Å²) in [6, 6.07) is 0.236. The largest absolute Gasteiger partial charge is 0.376 e. The van der Waals surface area contributed by atoms with Gasteiger partial charge in [0.25, 0.3) is 5.91 Å². The second kappa shape index (κ2) is 7.58. The molecule has 2 amide bonds. The van der Waals surface area contributed by atoms with Gasteiger partial charge in [0, 0.05) is 10.9 Å². The molecule has 5 fully saturated rings. The van der Waals surface area contributed by atoms with E-state index in [4.69, 9.17) is 4.74 Å². The van der Waals surface area contributed by atoms with Crippen molar-refractivity contribution in [3.8, 4) is 0 Å². The fourth-order valence-corrected chi connectivity index (χ4v) is 8.90. The highest BCUT2D eigenvalue weighted by Crippen LogP contribution is 2.65. The molecule has 4 unspecified atom stereocenters. The molecular formula is C25H34N2O3S. The molecule has 5 nitrogen and oxygen atoms in total. The van der Waals surface area contributed by atoms with E-state index in [-0.39, 0.29) is 23.3 Å². The average molecular weight is 443 g/mol. The molecule has 0 aromatic carbocycles. The summed E-state index contributed by atoms with van der Waals surface area (Å²) in [7, 11) is 0. The van der Waals surface area contributed by atoms with E-state index in [0.29, 0.717) is 25.0 Å². The van der Waals surface area contributed by atoms with Crippen LogP contribution in [0.5, 0.6) is 0 Å². The van der Waals surface area contributed by atoms with Crippen LogP contribution in [-0.2, 0) is 22.6 Å². The molecule has 168 valence electrons. The summed E-state index contributed by atoms with van der Waals surface area (Å²) >= 11 is 1.57. The molecule has 7 rings (SSSR count). The van der Waals surface area contributed by atoms with E-state index >= 15 is 0 Å². The molecule has 6 heteroatoms. The molecule has 0 saturated heterocycles. The zero-order valence-corrected chi connectivity index (χ0v) is 19.3. The van der Waals surface area contributed by atoms with E-state index in [1.165, 1.54) is 38.5 Å². The van der Waals surface area contributed by atoms with Crippen molar-refractivity contribution in [3.05, 3.63) is 16.0 Å². The van der Waals surface area contributed by atoms with Gasteiger partial charge in [-0.15, -0.1) is 11.3 Å². The molecule has 2 heterocycles. The number of rotatable bonds is 4. The summed E-state index contributed by atoms with van der Waals surface area (Å²) in [4.78, 5) is 28.3. The van der Waals surface area contributed by atoms with Crippen molar-refractivity contribution in [2.45, 2.75) is 83.8 Å². The number of fused-ring (bicyclic) bond motifs is 1. The molecule has 5 aliphatic carbocycles. The van der Waals surface area contributed by atoms with Crippen LogP contribution in [0.25, 0.3) is 0 Å². The Morgan fingerprint density at radius 3 is 2.65 bits per heavy atom. The maximum Gasteiger partial charge on any atom is 0.254 e. The quantitative estimate of drug-likeness (QED) is 0.697. The summed E-state index contributed by atoms with van der Waals surface area (Å²) < 4.78 is 5.67. The number of ether oxygens (including phenoxy) is 1. The van der Waals surface area contributed by atoms with Gasteiger partial charge in [-0.25, -0.2) is 0 Å². The van der Waals surface area contributed by atoms with E-state index in [0.717, 1.165) is 58.5 Å². The number of amides is 2. The second-order valence-corrected chi connectivity index (χ2v) is 12.1. The van der Waals surface area contributed by atoms with Crippen LogP contribution in [0.4, 0.5) is 5.00 Å². The van der Waals surface area contributed by atoms with Crippen molar-refractivity contribution < 1.29 is 14.3 Å². The lowest BCUT2D eigenvalue weighted by atomic mass is 9.75. The Balaban J connectivity index is 1.28. The van der Waals surface area contributed by atoms with E-state index in [9.17, 15) is 9.59 Å². The van der Waals surface area contributed by atoms with Gasteiger partial charge in [-0.3, -0.25) is 9.59 Å². The van der Waals surface area contributed by atoms with Gasteiger partial charge in [-0.05, 0) is 80.6 Å². The monoisotopic (exact) mass is 442 g/mol. The summed E-state index contributed by atoms with van der Waals surface area (Å²) in [6.07, 6.45) is 11.3. The molecule has 0 spiro atoms. The SMILES string of the molecule is CC1CCCCC1NC(=O)c1c(NC(=O)C23CC4C[C@@H](C[C@@H]2C4)C3)sc2c1CCOC2. The smallest absolute Gasteiger partial charge is 0.254 e. The first-order chi connectivity index (χ1) is 15.0. The lowest BCUT2D eigenvalue weighted by Gasteiger charge is -2.31. The van der Waals surface area contributed by atoms with Crippen molar-refractivity contribution >= 4 is 28.2 Å². The molecule has 1 aromatic heterocycles. The Kier molecular flexibility index (Phi) is 4.95. The predicted octanol–water partition coefficient (Wildman–Crippen LogP) is 4.89. The van der Waals surface area contributed by atoms with Gasteiger partial charge in [0.2, 0.25) is 5.91 Å². The standard InChI is InChI=1S/C25H34N2O3S/c1-14-4-2-3-5-19(14)26-22(28)21-18-6-7-30-13-20(18)31-23(21)27-24(29)25-11-15-8-16(12-25)10-17(25)9-15/h14-17,19H,2-13H2,1H3,(H,26,28)(H,27,29)/t14?,15-,16?,17+,19?,25?/m0/s1. The molecule has 5 saturated carbocycles. The second-order valence-electron chi connectivity index (χ2n) is 11.0. The van der Waals surface area contributed by atoms with Gasteiger partial charge in [0.1, 0.15) is 5.00 Å². The first kappa shape index (κ1) is 20.2. The fraction of sp³-hybridized carbons (Fsp3) is 0.760. The molecule has 6 atom stereocenters. The maximum absolute atomic E-state index is 13.6. The topological polar surface area (TPSA) is 67.4 Å². The minimum absolute atomic E-state index is 0.00295. The fourth-order valence-electron chi connectivity index (χ4n) is 7.73. The third kappa shape index (κ3) is 3.28. The van der Waals surface area contributed by atoms with E-state index in [2.05, 4.69) is 17.6 Å². The van der Waals surface area contributed by atoms with Crippen molar-refractivity contribution in [1.29, 1.82) is 0 Å². The van der Waals surface area contributed by atoms with Gasteiger partial charge < -0.3 is 15.4 Å². The highest BCUT2D eigenvalue weighted by atomic mass is 32.1. The Labute approximate surface area is 188 Å². The lowest BCUT2D eigenvalue weighted by molar-refractivity contribution is -0.127. The molecule has 1 aromatic rings. The van der Waals surface area contributed by atoms with E-state index < -0.39 is 0 Å². The van der Waals surface area contributed by atoms with Crippen LogP contribution in [0, 0.1) is 29.1 Å². The molecule has 4 bridgehead atoms. The lowest BCUT2D eigenvalue weighted by Crippen LogP contribution is -2.42. The van der Waals surface area contributed by atoms with Crippen molar-refractivity contribution in [2.24, 2.45) is 29.1 Å². The van der Waals surface area contributed by atoms with Gasteiger partial charge in [-0.2, -0.15) is 0 Å². The Morgan fingerprint density at radius 2 is 1.87 bits per heavy atom. The maximum atomic E-state index is 13.6. The van der Waals surface area contributed by atoms with Crippen LogP contribution < -0.4 is 10.6 Å². The summed E-state index contributed by atoms with van der Waals surface area (Å²) in [5.74, 6) is 2.73. The van der Waals surface area contributed by atoms with Crippen LogP contribution in [0.15, 0.2) is 0 Å². The first-order valence-corrected chi connectivity index (χ1v) is 13.2. The minimum atomic E-state index is -0.180. The Hall–Kier alpha value is -1.40. The molecule has 1 aliphatic heterocycles. The van der Waals surface area contributed by atoms with Gasteiger partial charge in [0.15, 0.2) is 0 Å². The highest BCUT2D eigenvalue weighted by Gasteiger charge is 2.61. The van der Waals surface area contributed by atoms with Crippen LogP contribution in [-0.4, -0.2) is 24.5 Å². The third-order valence-corrected chi connectivity index (χ3v) is 10.3. The molecule has 0 radical (unpaired) electrons. The minimum Gasteiger partial charge on any atom is -0.376 e. The predicted molar refractivity (Wildman–Crippen MR) is 121 cm³/mol. The Bertz CT molecular complexity index is 895. The summed E-state index contributed by atoms with van der Waals surface area (Å²) in [5.41, 5.74) is 1.64. The van der Waals surface area contributed by atoms with Crippen LogP contribution in [0.2, 0.25) is 0 Å². The first-order valence-electron chi connectivity index (χ1n) is 12.4. The zero-order valence-electron chi connectivity index (χ0n) is 18.5. The van der Waals surface area contributed by atoms with Crippen molar-refractivity contribution in [1.82, 2.24) is 5.32 Å². The molecule has 31 heavy (non-hydrogen) atoms. The van der Waals surface area contributed by atoms with E-state index in [1.807, 2.05) is 0 Å². The van der Waals surface area contributed by atoms with Crippen molar-refractivity contribution in [3.63, 3.8) is 0 Å². The number of hydrogen-bond donors (Lipinski definition) is 2. The molecular weight excluding hydrogens is 408 g/mol. The number of carbonyl (C=O) groups excluding carboxylic acids is 2. The van der Waals surface area contributed by atoms with Crippen LogP contribution in [0.1, 0.15) is 85.5 Å². The average Bonchev–Trinajstić information content (AvgIpc) is 3.33. The van der Waals surface area contributed by atoms with Crippen molar-refractivity contribution in [2.75, 3.05) is 11.9 Å². The molecule has 6 aliphatic rings. The highest BCUT2D eigenvalue weighted by molar-refractivity contribution is 7.17. The van der Waals surface area contributed by atoms with Crippen LogP contribution >= 0.6 is 11.3 Å². The molecule has 2 N–H and O–H groups in total. The zero-order chi connectivity index (χ0) is 21.2. The Morgan fingerprint density at radius 1 is 1.10 bits per heavy atom.